The molecule has 2 fully saturated rings. The number of rotatable bonds is 4. The lowest BCUT2D eigenvalue weighted by Gasteiger charge is -2.54. The first-order valence-corrected chi connectivity index (χ1v) is 7.82. The summed E-state index contributed by atoms with van der Waals surface area (Å²) < 4.78 is 5.82. The molecule has 0 amide bonds. The highest BCUT2D eigenvalue weighted by atomic mass is 16.5. The van der Waals surface area contributed by atoms with Gasteiger partial charge in [0.1, 0.15) is 0 Å². The molecule has 106 valence electrons. The van der Waals surface area contributed by atoms with Crippen LogP contribution in [-0.2, 0) is 4.74 Å². The van der Waals surface area contributed by atoms with Crippen molar-refractivity contribution in [3.8, 4) is 0 Å². The summed E-state index contributed by atoms with van der Waals surface area (Å²) in [5.41, 5.74) is 0.302. The Morgan fingerprint density at radius 2 is 1.89 bits per heavy atom. The molecule has 0 aromatic rings. The molecule has 18 heavy (non-hydrogen) atoms. The maximum Gasteiger partial charge on any atom is 0.0655 e. The molecule has 0 bridgehead atoms. The highest BCUT2D eigenvalue weighted by Gasteiger charge is 2.49. The van der Waals surface area contributed by atoms with Gasteiger partial charge in [-0.1, -0.05) is 34.1 Å². The van der Waals surface area contributed by atoms with Crippen LogP contribution in [0.15, 0.2) is 0 Å². The molecular weight excluding hydrogens is 222 g/mol. The molecule has 0 aromatic heterocycles. The van der Waals surface area contributed by atoms with Crippen molar-refractivity contribution in [1.29, 1.82) is 0 Å². The summed E-state index contributed by atoms with van der Waals surface area (Å²) in [4.78, 5) is 0. The lowest BCUT2D eigenvalue weighted by Crippen LogP contribution is -2.63. The van der Waals surface area contributed by atoms with Crippen LogP contribution in [0.4, 0.5) is 0 Å². The first-order chi connectivity index (χ1) is 8.45. The van der Waals surface area contributed by atoms with Crippen LogP contribution >= 0.6 is 0 Å². The number of ether oxygens (including phenoxy) is 1. The molecule has 2 heteroatoms. The zero-order valence-corrected chi connectivity index (χ0v) is 12.8. The van der Waals surface area contributed by atoms with E-state index in [2.05, 4.69) is 39.9 Å². The quantitative estimate of drug-likeness (QED) is 0.826. The molecule has 0 heterocycles. The van der Waals surface area contributed by atoms with Gasteiger partial charge >= 0.3 is 0 Å². The van der Waals surface area contributed by atoms with Crippen LogP contribution in [0.1, 0.15) is 60.3 Å². The van der Waals surface area contributed by atoms with E-state index in [1.54, 1.807) is 0 Å². The molecule has 2 saturated carbocycles. The maximum atomic E-state index is 5.82. The Labute approximate surface area is 113 Å². The van der Waals surface area contributed by atoms with Gasteiger partial charge in [0.2, 0.25) is 0 Å². The van der Waals surface area contributed by atoms with Gasteiger partial charge in [0.15, 0.2) is 0 Å². The van der Waals surface area contributed by atoms with Crippen LogP contribution in [0, 0.1) is 17.3 Å². The Bertz CT molecular complexity index is 276. The summed E-state index contributed by atoms with van der Waals surface area (Å²) in [7, 11) is 0. The highest BCUT2D eigenvalue weighted by Crippen LogP contribution is 2.44. The minimum absolute atomic E-state index is 0.302. The monoisotopic (exact) mass is 253 g/mol. The summed E-state index contributed by atoms with van der Waals surface area (Å²) in [5, 5.41) is 3.93. The molecule has 0 aromatic carbocycles. The first-order valence-electron chi connectivity index (χ1n) is 7.82. The predicted molar refractivity (Wildman–Crippen MR) is 76.7 cm³/mol. The Morgan fingerprint density at radius 1 is 1.17 bits per heavy atom. The third-order valence-corrected chi connectivity index (χ3v) is 5.42. The summed E-state index contributed by atoms with van der Waals surface area (Å²) in [6, 6.07) is 1.37. The summed E-state index contributed by atoms with van der Waals surface area (Å²) in [5.74, 6) is 1.73. The van der Waals surface area contributed by atoms with Crippen molar-refractivity contribution in [2.45, 2.75) is 78.5 Å². The third kappa shape index (κ3) is 2.75. The fraction of sp³-hybridized carbons (Fsp3) is 1.00. The van der Waals surface area contributed by atoms with Crippen molar-refractivity contribution in [2.75, 3.05) is 6.61 Å². The highest BCUT2D eigenvalue weighted by molar-refractivity contribution is 5.04. The van der Waals surface area contributed by atoms with E-state index in [0.717, 1.165) is 24.5 Å². The molecular formula is C16H31NO. The van der Waals surface area contributed by atoms with E-state index in [0.29, 0.717) is 17.6 Å². The number of hydrogen-bond acceptors (Lipinski definition) is 2. The molecule has 0 saturated heterocycles. The van der Waals surface area contributed by atoms with E-state index in [4.69, 9.17) is 4.74 Å². The number of nitrogens with one attached hydrogen (secondary N) is 1. The van der Waals surface area contributed by atoms with Crippen LogP contribution in [0.5, 0.6) is 0 Å². The molecule has 0 radical (unpaired) electrons. The Hall–Kier alpha value is -0.0800. The molecule has 1 N–H and O–H groups in total. The molecule has 5 atom stereocenters. The third-order valence-electron chi connectivity index (χ3n) is 5.42. The van der Waals surface area contributed by atoms with Crippen molar-refractivity contribution in [2.24, 2.45) is 17.3 Å². The Morgan fingerprint density at radius 3 is 2.50 bits per heavy atom. The van der Waals surface area contributed by atoms with E-state index < -0.39 is 0 Å². The maximum absolute atomic E-state index is 5.82. The Kier molecular flexibility index (Phi) is 4.38. The lowest BCUT2D eigenvalue weighted by atomic mass is 9.63. The van der Waals surface area contributed by atoms with Gasteiger partial charge in [-0.3, -0.25) is 0 Å². The molecule has 5 unspecified atom stereocenters. The fourth-order valence-electron chi connectivity index (χ4n) is 3.68. The second kappa shape index (κ2) is 5.50. The smallest absolute Gasteiger partial charge is 0.0655 e. The van der Waals surface area contributed by atoms with Gasteiger partial charge in [0, 0.05) is 24.1 Å². The van der Waals surface area contributed by atoms with Crippen LogP contribution in [0.3, 0.4) is 0 Å². The van der Waals surface area contributed by atoms with Gasteiger partial charge < -0.3 is 10.1 Å². The SMILES string of the molecule is CCOC1CC(NC2CC(C)CCC2C)C1(C)C. The molecule has 2 aliphatic rings. The van der Waals surface area contributed by atoms with E-state index in [-0.39, 0.29) is 0 Å². The van der Waals surface area contributed by atoms with Gasteiger partial charge in [0.05, 0.1) is 6.10 Å². The minimum Gasteiger partial charge on any atom is -0.378 e. The summed E-state index contributed by atoms with van der Waals surface area (Å²) in [6.07, 6.45) is 5.80. The van der Waals surface area contributed by atoms with Gasteiger partial charge in [-0.2, -0.15) is 0 Å². The molecule has 2 rings (SSSR count). The molecule has 0 spiro atoms. The lowest BCUT2D eigenvalue weighted by molar-refractivity contribution is -0.118. The molecule has 2 nitrogen and oxygen atoms in total. The van der Waals surface area contributed by atoms with E-state index >= 15 is 0 Å². The Balaban J connectivity index is 1.87. The van der Waals surface area contributed by atoms with Crippen LogP contribution in [0.25, 0.3) is 0 Å². The topological polar surface area (TPSA) is 21.3 Å². The van der Waals surface area contributed by atoms with Gasteiger partial charge in [-0.05, 0) is 38.0 Å². The number of hydrogen-bond donors (Lipinski definition) is 1. The average Bonchev–Trinajstić information content (AvgIpc) is 2.32. The summed E-state index contributed by atoms with van der Waals surface area (Å²) in [6.45, 7) is 12.5. The normalized spacial score (nSPS) is 43.5. The van der Waals surface area contributed by atoms with Gasteiger partial charge in [-0.25, -0.2) is 0 Å². The standard InChI is InChI=1S/C16H31NO/c1-6-18-15-10-14(16(15,4)5)17-13-9-11(2)7-8-12(13)3/h11-15,17H,6-10H2,1-5H3. The van der Waals surface area contributed by atoms with Crippen molar-refractivity contribution in [3.05, 3.63) is 0 Å². The van der Waals surface area contributed by atoms with Crippen LogP contribution in [-0.4, -0.2) is 24.8 Å². The van der Waals surface area contributed by atoms with Gasteiger partial charge in [0.25, 0.3) is 0 Å². The zero-order chi connectivity index (χ0) is 13.3. The van der Waals surface area contributed by atoms with Crippen LogP contribution < -0.4 is 5.32 Å². The zero-order valence-electron chi connectivity index (χ0n) is 12.8. The fourth-order valence-corrected chi connectivity index (χ4v) is 3.68. The minimum atomic E-state index is 0.302. The molecule has 2 aliphatic carbocycles. The van der Waals surface area contributed by atoms with Crippen LogP contribution in [0.2, 0.25) is 0 Å². The second-order valence-electron chi connectivity index (χ2n) is 7.22. The largest absolute Gasteiger partial charge is 0.378 e. The summed E-state index contributed by atoms with van der Waals surface area (Å²) >= 11 is 0. The van der Waals surface area contributed by atoms with Crippen molar-refractivity contribution in [1.82, 2.24) is 5.32 Å². The predicted octanol–water partition coefficient (Wildman–Crippen LogP) is 3.60. The second-order valence-corrected chi connectivity index (χ2v) is 7.22. The van der Waals surface area contributed by atoms with Gasteiger partial charge in [-0.15, -0.1) is 0 Å². The van der Waals surface area contributed by atoms with E-state index in [9.17, 15) is 0 Å². The van der Waals surface area contributed by atoms with Crippen molar-refractivity contribution >= 4 is 0 Å². The first kappa shape index (κ1) is 14.3. The van der Waals surface area contributed by atoms with Crippen molar-refractivity contribution < 1.29 is 4.74 Å². The van der Waals surface area contributed by atoms with E-state index in [1.807, 2.05) is 0 Å². The average molecular weight is 253 g/mol. The molecule has 0 aliphatic heterocycles. The van der Waals surface area contributed by atoms with Crippen molar-refractivity contribution in [3.63, 3.8) is 0 Å². The van der Waals surface area contributed by atoms with E-state index in [1.165, 1.54) is 25.7 Å².